The Morgan fingerprint density at radius 2 is 1.77 bits per heavy atom. The van der Waals surface area contributed by atoms with Crippen LogP contribution in [-0.2, 0) is 11.2 Å². The molecule has 0 unspecified atom stereocenters. The molecule has 5 atom stereocenters. The molecule has 1 saturated heterocycles. The van der Waals surface area contributed by atoms with E-state index in [1.54, 1.807) is 0 Å². The first-order chi connectivity index (χ1) is 10.6. The van der Waals surface area contributed by atoms with Crippen molar-refractivity contribution in [2.24, 2.45) is 5.16 Å². The smallest absolute Gasteiger partial charge is 0.138 e. The number of ether oxygens (including phenoxy) is 1. The minimum atomic E-state index is -1.44. The monoisotopic (exact) mass is 329 g/mol. The molecule has 0 spiro atoms. The van der Waals surface area contributed by atoms with E-state index in [4.69, 9.17) is 15.1 Å². The summed E-state index contributed by atoms with van der Waals surface area (Å²) in [4.78, 5) is 0. The zero-order valence-electron chi connectivity index (χ0n) is 11.7. The maximum Gasteiger partial charge on any atom is 0.138 e. The number of aliphatic hydroxyl groups is 4. The molecule has 0 aliphatic carbocycles. The number of benzene rings is 1. The normalized spacial score (nSPS) is 32.9. The van der Waals surface area contributed by atoms with Crippen LogP contribution in [0.3, 0.4) is 0 Å². The first-order valence-corrected chi connectivity index (χ1v) is 7.66. The molecular formula is C14H19NO6S. The minimum Gasteiger partial charge on any atom is -0.410 e. The molecule has 0 bridgehead atoms. The molecule has 1 aliphatic heterocycles. The van der Waals surface area contributed by atoms with Crippen molar-refractivity contribution >= 4 is 16.8 Å². The highest BCUT2D eigenvalue weighted by molar-refractivity contribution is 8.14. The Kier molecular flexibility index (Phi) is 6.18. The molecule has 1 fully saturated rings. The predicted molar refractivity (Wildman–Crippen MR) is 80.7 cm³/mol. The number of nitrogens with zero attached hydrogens (tertiary/aromatic N) is 1. The highest BCUT2D eigenvalue weighted by Crippen LogP contribution is 2.30. The summed E-state index contributed by atoms with van der Waals surface area (Å²) in [5.41, 5.74) is -0.0439. The summed E-state index contributed by atoms with van der Waals surface area (Å²) >= 11 is 0.939. The van der Waals surface area contributed by atoms with Gasteiger partial charge in [0.15, 0.2) is 0 Å². The molecule has 1 aromatic rings. The second kappa shape index (κ2) is 7.91. The van der Waals surface area contributed by atoms with Crippen LogP contribution < -0.4 is 0 Å². The molecule has 22 heavy (non-hydrogen) atoms. The maximum atomic E-state index is 9.96. The van der Waals surface area contributed by atoms with Crippen molar-refractivity contribution < 1.29 is 30.4 Å². The second-order valence-corrected chi connectivity index (χ2v) is 6.14. The first-order valence-electron chi connectivity index (χ1n) is 6.79. The Labute approximate surface area is 131 Å². The number of aliphatic hydroxyl groups excluding tert-OH is 4. The van der Waals surface area contributed by atoms with Crippen LogP contribution in [0.25, 0.3) is 0 Å². The quantitative estimate of drug-likeness (QED) is 0.219. The number of oxime groups is 1. The Hall–Kier alpha value is -1.16. The van der Waals surface area contributed by atoms with Gasteiger partial charge < -0.3 is 30.4 Å². The van der Waals surface area contributed by atoms with E-state index in [9.17, 15) is 15.3 Å². The SMILES string of the molecule is OC[C@H]1O[C@@H](S/C(Cc2ccccc2)=N\O)[C@H](O)[C@@H](O)[C@@H]1O. The zero-order chi connectivity index (χ0) is 16.1. The van der Waals surface area contributed by atoms with Crippen LogP contribution in [0.15, 0.2) is 35.5 Å². The van der Waals surface area contributed by atoms with Gasteiger partial charge in [-0.15, -0.1) is 0 Å². The van der Waals surface area contributed by atoms with Gasteiger partial charge in [0, 0.05) is 6.42 Å². The van der Waals surface area contributed by atoms with Crippen molar-refractivity contribution in [3.05, 3.63) is 35.9 Å². The van der Waals surface area contributed by atoms with Gasteiger partial charge in [-0.1, -0.05) is 47.2 Å². The Morgan fingerprint density at radius 1 is 1.09 bits per heavy atom. The van der Waals surface area contributed by atoms with Crippen molar-refractivity contribution in [1.82, 2.24) is 0 Å². The van der Waals surface area contributed by atoms with E-state index in [0.29, 0.717) is 6.42 Å². The zero-order valence-corrected chi connectivity index (χ0v) is 12.5. The summed E-state index contributed by atoms with van der Waals surface area (Å²) in [5.74, 6) is 0. The van der Waals surface area contributed by atoms with Crippen molar-refractivity contribution in [2.75, 3.05) is 6.61 Å². The molecule has 7 nitrogen and oxygen atoms in total. The molecule has 1 aliphatic rings. The van der Waals surface area contributed by atoms with E-state index in [-0.39, 0.29) is 5.04 Å². The lowest BCUT2D eigenvalue weighted by Crippen LogP contribution is -2.57. The van der Waals surface area contributed by atoms with Gasteiger partial charge in [-0.3, -0.25) is 0 Å². The number of rotatable bonds is 4. The fourth-order valence-corrected chi connectivity index (χ4v) is 3.23. The highest BCUT2D eigenvalue weighted by Gasteiger charge is 2.44. The number of hydrogen-bond donors (Lipinski definition) is 5. The predicted octanol–water partition coefficient (Wildman–Crippen LogP) is -0.450. The molecule has 0 saturated carbocycles. The van der Waals surface area contributed by atoms with Crippen LogP contribution in [0, 0.1) is 0 Å². The van der Waals surface area contributed by atoms with Gasteiger partial charge in [-0.25, -0.2) is 0 Å². The molecule has 5 N–H and O–H groups in total. The van der Waals surface area contributed by atoms with Gasteiger partial charge in [0.1, 0.15) is 34.9 Å². The maximum absolute atomic E-state index is 9.96. The van der Waals surface area contributed by atoms with E-state index in [1.165, 1.54) is 0 Å². The van der Waals surface area contributed by atoms with Gasteiger partial charge in [-0.05, 0) is 5.56 Å². The lowest BCUT2D eigenvalue weighted by atomic mass is 10.0. The molecule has 0 aromatic heterocycles. The fraction of sp³-hybridized carbons (Fsp3) is 0.500. The molecule has 122 valence electrons. The van der Waals surface area contributed by atoms with Crippen molar-refractivity contribution in [2.45, 2.75) is 36.3 Å². The van der Waals surface area contributed by atoms with Crippen molar-refractivity contribution in [1.29, 1.82) is 0 Å². The molecule has 1 heterocycles. The topological polar surface area (TPSA) is 123 Å². The first kappa shape index (κ1) is 17.2. The molecular weight excluding hydrogens is 310 g/mol. The van der Waals surface area contributed by atoms with Crippen LogP contribution in [-0.4, -0.2) is 67.1 Å². The fourth-order valence-electron chi connectivity index (χ4n) is 2.17. The lowest BCUT2D eigenvalue weighted by molar-refractivity contribution is -0.205. The van der Waals surface area contributed by atoms with Crippen LogP contribution in [0.2, 0.25) is 0 Å². The standard InChI is InChI=1S/C14H19NO6S/c16-7-9-11(17)12(18)13(19)14(21-9)22-10(15-20)6-8-4-2-1-3-5-8/h1-5,9,11-14,16-20H,6-7H2/b15-10-/t9-,11-,12+,13-,14+/m1/s1. The summed E-state index contributed by atoms with van der Waals surface area (Å²) in [7, 11) is 0. The summed E-state index contributed by atoms with van der Waals surface area (Å²) in [6.45, 7) is -0.494. The highest BCUT2D eigenvalue weighted by atomic mass is 32.2. The van der Waals surface area contributed by atoms with Crippen LogP contribution in [0.5, 0.6) is 0 Å². The van der Waals surface area contributed by atoms with Crippen LogP contribution in [0.1, 0.15) is 5.56 Å². The van der Waals surface area contributed by atoms with Gasteiger partial charge in [0.05, 0.1) is 6.61 Å². The van der Waals surface area contributed by atoms with Crippen LogP contribution in [0.4, 0.5) is 0 Å². The largest absolute Gasteiger partial charge is 0.410 e. The van der Waals surface area contributed by atoms with Gasteiger partial charge in [-0.2, -0.15) is 0 Å². The Bertz CT molecular complexity index is 497. The second-order valence-electron chi connectivity index (χ2n) is 4.97. The van der Waals surface area contributed by atoms with Gasteiger partial charge >= 0.3 is 0 Å². The van der Waals surface area contributed by atoms with E-state index < -0.39 is 36.5 Å². The summed E-state index contributed by atoms with van der Waals surface area (Å²) < 4.78 is 5.36. The van der Waals surface area contributed by atoms with E-state index in [0.717, 1.165) is 17.3 Å². The average molecular weight is 329 g/mol. The third-order valence-electron chi connectivity index (χ3n) is 3.41. The molecule has 0 radical (unpaired) electrons. The summed E-state index contributed by atoms with van der Waals surface area (Å²) in [6.07, 6.45) is -4.86. The third-order valence-corrected chi connectivity index (χ3v) is 4.53. The molecule has 2 rings (SSSR count). The van der Waals surface area contributed by atoms with E-state index in [1.807, 2.05) is 30.3 Å². The van der Waals surface area contributed by atoms with Crippen molar-refractivity contribution in [3.63, 3.8) is 0 Å². The molecule has 0 amide bonds. The third kappa shape index (κ3) is 3.97. The Balaban J connectivity index is 2.04. The van der Waals surface area contributed by atoms with Crippen LogP contribution >= 0.6 is 11.8 Å². The number of thioether (sulfide) groups is 1. The lowest BCUT2D eigenvalue weighted by Gasteiger charge is -2.39. The van der Waals surface area contributed by atoms with E-state index >= 15 is 0 Å². The van der Waals surface area contributed by atoms with Crippen molar-refractivity contribution in [3.8, 4) is 0 Å². The minimum absolute atomic E-state index is 0.288. The number of hydrogen-bond acceptors (Lipinski definition) is 8. The summed E-state index contributed by atoms with van der Waals surface area (Å²) in [5, 5.41) is 51.1. The van der Waals surface area contributed by atoms with Gasteiger partial charge in [0.25, 0.3) is 0 Å². The van der Waals surface area contributed by atoms with E-state index in [2.05, 4.69) is 5.16 Å². The Morgan fingerprint density at radius 3 is 2.36 bits per heavy atom. The molecule has 1 aromatic carbocycles. The molecule has 8 heteroatoms. The van der Waals surface area contributed by atoms with Gasteiger partial charge in [0.2, 0.25) is 0 Å². The average Bonchev–Trinajstić information content (AvgIpc) is 2.55. The summed E-state index contributed by atoms with van der Waals surface area (Å²) in [6, 6.07) is 9.29.